The molecular weight excluding hydrogens is 322 g/mol. The maximum atomic E-state index is 11.3. The summed E-state index contributed by atoms with van der Waals surface area (Å²) < 4.78 is 2.23. The molecule has 3 rings (SSSR count). The monoisotopic (exact) mass is 353 g/mol. The molecular formula is C22H31N3O. The van der Waals surface area contributed by atoms with E-state index < -0.39 is 0 Å². The molecule has 4 nitrogen and oxygen atoms in total. The summed E-state index contributed by atoms with van der Waals surface area (Å²) in [5.74, 6) is 3.35. The van der Waals surface area contributed by atoms with Crippen LogP contribution in [0.15, 0.2) is 35.9 Å². The van der Waals surface area contributed by atoms with E-state index in [1.165, 1.54) is 11.1 Å². The summed E-state index contributed by atoms with van der Waals surface area (Å²) >= 11 is 0. The Balaban J connectivity index is 1.82. The van der Waals surface area contributed by atoms with E-state index in [4.69, 9.17) is 4.98 Å². The standard InChI is InChI=1S/C22H31N3O/c1-14(2)19-11-17(15(3)10-18(19)13-23-16(4)26)12-22-24-20-8-6-7-9-21(20)25(22)5/h6-10,14,17-19H,11-13H2,1-5H3,(H,23,26)/t17-,18-,19-/m0/s1. The van der Waals surface area contributed by atoms with Crippen molar-refractivity contribution in [3.63, 3.8) is 0 Å². The van der Waals surface area contributed by atoms with Gasteiger partial charge in [0.05, 0.1) is 11.0 Å². The van der Waals surface area contributed by atoms with Crippen LogP contribution in [0, 0.1) is 23.7 Å². The van der Waals surface area contributed by atoms with Gasteiger partial charge in [0.25, 0.3) is 0 Å². The lowest BCUT2D eigenvalue weighted by Gasteiger charge is -2.37. The summed E-state index contributed by atoms with van der Waals surface area (Å²) in [6.45, 7) is 9.18. The van der Waals surface area contributed by atoms with Crippen LogP contribution >= 0.6 is 0 Å². The second kappa shape index (κ2) is 7.65. The Labute approximate surface area is 156 Å². The Bertz CT molecular complexity index is 818. The molecule has 1 aliphatic carbocycles. The van der Waals surface area contributed by atoms with Crippen LogP contribution in [0.1, 0.15) is 39.9 Å². The summed E-state index contributed by atoms with van der Waals surface area (Å²) in [6, 6.07) is 8.34. The van der Waals surface area contributed by atoms with Gasteiger partial charge in [-0.15, -0.1) is 0 Å². The van der Waals surface area contributed by atoms with Crippen molar-refractivity contribution < 1.29 is 4.79 Å². The maximum Gasteiger partial charge on any atom is 0.216 e. The van der Waals surface area contributed by atoms with Gasteiger partial charge in [0.1, 0.15) is 5.82 Å². The van der Waals surface area contributed by atoms with Crippen LogP contribution in [0.3, 0.4) is 0 Å². The highest BCUT2D eigenvalue weighted by atomic mass is 16.1. The zero-order chi connectivity index (χ0) is 18.8. The molecule has 1 N–H and O–H groups in total. The van der Waals surface area contributed by atoms with Gasteiger partial charge in [0.15, 0.2) is 0 Å². The third-order valence-electron chi connectivity index (χ3n) is 5.98. The van der Waals surface area contributed by atoms with Crippen LogP contribution in [0.4, 0.5) is 0 Å². The molecule has 1 aromatic heterocycles. The predicted octanol–water partition coefficient (Wildman–Crippen LogP) is 4.11. The number of nitrogens with zero attached hydrogens (tertiary/aromatic N) is 2. The van der Waals surface area contributed by atoms with Crippen LogP contribution in [0.2, 0.25) is 0 Å². The number of fused-ring (bicyclic) bond motifs is 1. The van der Waals surface area contributed by atoms with E-state index in [1.54, 1.807) is 6.92 Å². The fraction of sp³-hybridized carbons (Fsp3) is 0.545. The summed E-state index contributed by atoms with van der Waals surface area (Å²) in [4.78, 5) is 16.2. The zero-order valence-electron chi connectivity index (χ0n) is 16.6. The molecule has 1 amide bonds. The minimum atomic E-state index is 0.0559. The van der Waals surface area contributed by atoms with Crippen LogP contribution in [0.25, 0.3) is 11.0 Å². The number of amides is 1. The molecule has 2 aromatic rings. The fourth-order valence-electron chi connectivity index (χ4n) is 4.37. The predicted molar refractivity (Wildman–Crippen MR) is 107 cm³/mol. The second-order valence-electron chi connectivity index (χ2n) is 8.13. The summed E-state index contributed by atoms with van der Waals surface area (Å²) in [5.41, 5.74) is 3.71. The van der Waals surface area contributed by atoms with Crippen molar-refractivity contribution in [2.75, 3.05) is 6.54 Å². The van der Waals surface area contributed by atoms with E-state index in [-0.39, 0.29) is 5.91 Å². The van der Waals surface area contributed by atoms with E-state index in [9.17, 15) is 4.79 Å². The van der Waals surface area contributed by atoms with Crippen molar-refractivity contribution in [1.82, 2.24) is 14.9 Å². The highest BCUT2D eigenvalue weighted by Gasteiger charge is 2.32. The Kier molecular flexibility index (Phi) is 5.49. The number of hydrogen-bond acceptors (Lipinski definition) is 2. The molecule has 0 bridgehead atoms. The summed E-state index contributed by atoms with van der Waals surface area (Å²) in [6.07, 6.45) is 4.54. The average Bonchev–Trinajstić information content (AvgIpc) is 2.91. The van der Waals surface area contributed by atoms with Gasteiger partial charge >= 0.3 is 0 Å². The highest BCUT2D eigenvalue weighted by molar-refractivity contribution is 5.75. The number of imidazole rings is 1. The van der Waals surface area contributed by atoms with Crippen molar-refractivity contribution >= 4 is 16.9 Å². The van der Waals surface area contributed by atoms with Gasteiger partial charge in [-0.25, -0.2) is 4.98 Å². The molecule has 0 radical (unpaired) electrons. The number of rotatable bonds is 5. The number of hydrogen-bond donors (Lipinski definition) is 1. The van der Waals surface area contributed by atoms with Crippen molar-refractivity contribution in [3.05, 3.63) is 41.7 Å². The maximum absolute atomic E-state index is 11.3. The largest absolute Gasteiger partial charge is 0.356 e. The Morgan fingerprint density at radius 3 is 2.73 bits per heavy atom. The van der Waals surface area contributed by atoms with E-state index in [0.717, 1.165) is 30.7 Å². The molecule has 1 aliphatic rings. The number of aryl methyl sites for hydroxylation is 1. The topological polar surface area (TPSA) is 46.9 Å². The molecule has 1 aromatic carbocycles. The molecule has 0 saturated heterocycles. The Morgan fingerprint density at radius 1 is 1.35 bits per heavy atom. The first-order valence-electron chi connectivity index (χ1n) is 9.70. The van der Waals surface area contributed by atoms with Gasteiger partial charge in [-0.3, -0.25) is 4.79 Å². The summed E-state index contributed by atoms with van der Waals surface area (Å²) in [7, 11) is 2.12. The SMILES string of the molecule is CC(=O)NC[C@@H]1C=C(C)[C@H](Cc2nc3ccccc3n2C)C[C@H]1C(C)C. The Morgan fingerprint density at radius 2 is 2.08 bits per heavy atom. The van der Waals surface area contributed by atoms with E-state index in [1.807, 2.05) is 6.07 Å². The molecule has 0 spiro atoms. The first kappa shape index (κ1) is 18.7. The number of para-hydroxylation sites is 2. The van der Waals surface area contributed by atoms with Crippen molar-refractivity contribution in [3.8, 4) is 0 Å². The average molecular weight is 354 g/mol. The second-order valence-corrected chi connectivity index (χ2v) is 8.13. The van der Waals surface area contributed by atoms with E-state index in [0.29, 0.717) is 23.7 Å². The highest BCUT2D eigenvalue weighted by Crippen LogP contribution is 2.38. The van der Waals surface area contributed by atoms with Crippen LogP contribution in [-0.2, 0) is 18.3 Å². The molecule has 140 valence electrons. The zero-order valence-corrected chi connectivity index (χ0v) is 16.6. The van der Waals surface area contributed by atoms with E-state index in [2.05, 4.69) is 62.0 Å². The number of nitrogens with one attached hydrogen (secondary N) is 1. The fourth-order valence-corrected chi connectivity index (χ4v) is 4.37. The molecule has 0 aliphatic heterocycles. The van der Waals surface area contributed by atoms with Gasteiger partial charge < -0.3 is 9.88 Å². The molecule has 0 fully saturated rings. The minimum Gasteiger partial charge on any atom is -0.356 e. The van der Waals surface area contributed by atoms with Crippen molar-refractivity contribution in [1.29, 1.82) is 0 Å². The lowest BCUT2D eigenvalue weighted by Crippen LogP contribution is -2.36. The van der Waals surface area contributed by atoms with Gasteiger partial charge in [-0.2, -0.15) is 0 Å². The number of aromatic nitrogens is 2. The van der Waals surface area contributed by atoms with Crippen LogP contribution in [0.5, 0.6) is 0 Å². The van der Waals surface area contributed by atoms with Gasteiger partial charge in [0.2, 0.25) is 5.91 Å². The summed E-state index contributed by atoms with van der Waals surface area (Å²) in [5, 5.41) is 3.01. The third kappa shape index (κ3) is 3.84. The van der Waals surface area contributed by atoms with Crippen LogP contribution < -0.4 is 5.32 Å². The lowest BCUT2D eigenvalue weighted by molar-refractivity contribution is -0.119. The Hall–Kier alpha value is -2.10. The number of benzene rings is 1. The molecule has 0 saturated carbocycles. The smallest absolute Gasteiger partial charge is 0.216 e. The van der Waals surface area contributed by atoms with Crippen molar-refractivity contribution in [2.24, 2.45) is 30.7 Å². The number of carbonyl (C=O) groups excluding carboxylic acids is 1. The first-order valence-corrected chi connectivity index (χ1v) is 9.70. The number of allylic oxidation sites excluding steroid dienone is 1. The molecule has 0 unspecified atom stereocenters. The van der Waals surface area contributed by atoms with E-state index >= 15 is 0 Å². The lowest BCUT2D eigenvalue weighted by atomic mass is 9.69. The van der Waals surface area contributed by atoms with Gasteiger partial charge in [-0.1, -0.05) is 37.6 Å². The van der Waals surface area contributed by atoms with Crippen LogP contribution in [-0.4, -0.2) is 22.0 Å². The quantitative estimate of drug-likeness (QED) is 0.823. The third-order valence-corrected chi connectivity index (χ3v) is 5.98. The van der Waals surface area contributed by atoms with Gasteiger partial charge in [-0.05, 0) is 49.1 Å². The first-order chi connectivity index (χ1) is 12.4. The number of carbonyl (C=O) groups is 1. The molecule has 3 atom stereocenters. The van der Waals surface area contributed by atoms with Gasteiger partial charge in [0, 0.05) is 26.9 Å². The molecule has 1 heterocycles. The molecule has 26 heavy (non-hydrogen) atoms. The molecule has 4 heteroatoms. The minimum absolute atomic E-state index is 0.0559. The van der Waals surface area contributed by atoms with Crippen molar-refractivity contribution in [2.45, 2.75) is 40.5 Å². The normalized spacial score (nSPS) is 23.3.